The number of nitrogens with zero attached hydrogens (tertiary/aromatic N) is 1. The van der Waals surface area contributed by atoms with E-state index in [1.165, 1.54) is 17.0 Å². The average Bonchev–Trinajstić information content (AvgIpc) is 2.39. The summed E-state index contributed by atoms with van der Waals surface area (Å²) in [6, 6.07) is 6.19. The molecule has 98 valence electrons. The summed E-state index contributed by atoms with van der Waals surface area (Å²) in [5, 5.41) is 8.79. The SMILES string of the molecule is CCC(CN)C(=O)N(C)c1ccc(C(=O)O)cc1. The first-order chi connectivity index (χ1) is 8.51. The maximum absolute atomic E-state index is 12.1. The quantitative estimate of drug-likeness (QED) is 0.825. The number of carbonyl (C=O) groups excluding carboxylic acids is 1. The van der Waals surface area contributed by atoms with Crippen molar-refractivity contribution in [2.75, 3.05) is 18.5 Å². The number of amides is 1. The number of hydrogen-bond acceptors (Lipinski definition) is 3. The molecule has 18 heavy (non-hydrogen) atoms. The van der Waals surface area contributed by atoms with Crippen molar-refractivity contribution < 1.29 is 14.7 Å². The van der Waals surface area contributed by atoms with Crippen LogP contribution in [0.1, 0.15) is 23.7 Å². The summed E-state index contributed by atoms with van der Waals surface area (Å²) in [6.07, 6.45) is 0.687. The van der Waals surface area contributed by atoms with E-state index >= 15 is 0 Å². The lowest BCUT2D eigenvalue weighted by molar-refractivity contribution is -0.121. The Morgan fingerprint density at radius 1 is 1.33 bits per heavy atom. The van der Waals surface area contributed by atoms with Crippen LogP contribution >= 0.6 is 0 Å². The Balaban J connectivity index is 2.86. The van der Waals surface area contributed by atoms with Crippen LogP contribution in [0.15, 0.2) is 24.3 Å². The monoisotopic (exact) mass is 250 g/mol. The number of aromatic carboxylic acids is 1. The van der Waals surface area contributed by atoms with Gasteiger partial charge in [0.05, 0.1) is 11.5 Å². The molecule has 1 aromatic carbocycles. The van der Waals surface area contributed by atoms with Crippen LogP contribution in [0.5, 0.6) is 0 Å². The smallest absolute Gasteiger partial charge is 0.335 e. The Morgan fingerprint density at radius 3 is 2.28 bits per heavy atom. The minimum absolute atomic E-state index is 0.0527. The zero-order valence-corrected chi connectivity index (χ0v) is 10.6. The lowest BCUT2D eigenvalue weighted by Crippen LogP contribution is -2.36. The number of benzene rings is 1. The highest BCUT2D eigenvalue weighted by atomic mass is 16.4. The second kappa shape index (κ2) is 6.16. The van der Waals surface area contributed by atoms with E-state index < -0.39 is 5.97 Å². The van der Waals surface area contributed by atoms with E-state index in [1.807, 2.05) is 6.92 Å². The van der Waals surface area contributed by atoms with Crippen molar-refractivity contribution in [3.05, 3.63) is 29.8 Å². The first-order valence-electron chi connectivity index (χ1n) is 5.82. The fourth-order valence-electron chi connectivity index (χ4n) is 1.67. The van der Waals surface area contributed by atoms with Crippen LogP contribution in [0.2, 0.25) is 0 Å². The Hall–Kier alpha value is -1.88. The van der Waals surface area contributed by atoms with Crippen LogP contribution < -0.4 is 10.6 Å². The molecule has 1 rings (SSSR count). The van der Waals surface area contributed by atoms with Crippen molar-refractivity contribution in [1.29, 1.82) is 0 Å². The third-order valence-corrected chi connectivity index (χ3v) is 2.96. The molecule has 5 heteroatoms. The van der Waals surface area contributed by atoms with Gasteiger partial charge in [0, 0.05) is 19.3 Å². The van der Waals surface area contributed by atoms with Gasteiger partial charge in [-0.2, -0.15) is 0 Å². The molecular weight excluding hydrogens is 232 g/mol. The van der Waals surface area contributed by atoms with E-state index in [4.69, 9.17) is 10.8 Å². The molecular formula is C13H18N2O3. The predicted octanol–water partition coefficient (Wildman–Crippen LogP) is 1.33. The van der Waals surface area contributed by atoms with Crippen molar-refractivity contribution in [2.24, 2.45) is 11.7 Å². The van der Waals surface area contributed by atoms with Gasteiger partial charge in [-0.1, -0.05) is 6.92 Å². The Morgan fingerprint density at radius 2 is 1.89 bits per heavy atom. The van der Waals surface area contributed by atoms with E-state index in [0.717, 1.165) is 0 Å². The van der Waals surface area contributed by atoms with E-state index in [-0.39, 0.29) is 17.4 Å². The number of rotatable bonds is 5. The van der Waals surface area contributed by atoms with Gasteiger partial charge in [-0.3, -0.25) is 4.79 Å². The molecule has 0 saturated heterocycles. The zero-order chi connectivity index (χ0) is 13.7. The third kappa shape index (κ3) is 3.07. The van der Waals surface area contributed by atoms with E-state index in [9.17, 15) is 9.59 Å². The van der Waals surface area contributed by atoms with Crippen molar-refractivity contribution in [3.63, 3.8) is 0 Å². The minimum Gasteiger partial charge on any atom is -0.478 e. The van der Waals surface area contributed by atoms with Gasteiger partial charge in [0.1, 0.15) is 0 Å². The summed E-state index contributed by atoms with van der Waals surface area (Å²) in [6.45, 7) is 2.23. The van der Waals surface area contributed by atoms with Gasteiger partial charge in [0.15, 0.2) is 0 Å². The largest absolute Gasteiger partial charge is 0.478 e. The van der Waals surface area contributed by atoms with E-state index in [2.05, 4.69) is 0 Å². The molecule has 0 saturated carbocycles. The second-order valence-electron chi connectivity index (χ2n) is 4.09. The maximum Gasteiger partial charge on any atom is 0.335 e. The molecule has 1 unspecified atom stereocenters. The molecule has 1 amide bonds. The minimum atomic E-state index is -0.982. The van der Waals surface area contributed by atoms with Crippen LogP contribution in [0.4, 0.5) is 5.69 Å². The molecule has 1 atom stereocenters. The van der Waals surface area contributed by atoms with Crippen molar-refractivity contribution in [1.82, 2.24) is 0 Å². The van der Waals surface area contributed by atoms with Gasteiger partial charge in [-0.15, -0.1) is 0 Å². The first kappa shape index (κ1) is 14.2. The Bertz CT molecular complexity index is 424. The van der Waals surface area contributed by atoms with E-state index in [0.29, 0.717) is 18.7 Å². The highest BCUT2D eigenvalue weighted by Gasteiger charge is 2.20. The fourth-order valence-corrected chi connectivity index (χ4v) is 1.67. The normalized spacial score (nSPS) is 11.9. The standard InChI is InChI=1S/C13H18N2O3/c1-3-9(8-14)12(16)15(2)11-6-4-10(5-7-11)13(17)18/h4-7,9H,3,8,14H2,1-2H3,(H,17,18). The van der Waals surface area contributed by atoms with Crippen LogP contribution in [0.3, 0.4) is 0 Å². The van der Waals surface area contributed by atoms with Gasteiger partial charge in [-0.25, -0.2) is 4.79 Å². The molecule has 0 bridgehead atoms. The van der Waals surface area contributed by atoms with Gasteiger partial charge in [0.25, 0.3) is 0 Å². The topological polar surface area (TPSA) is 83.6 Å². The van der Waals surface area contributed by atoms with Crippen molar-refractivity contribution in [2.45, 2.75) is 13.3 Å². The summed E-state index contributed by atoms with van der Waals surface area (Å²) in [5.74, 6) is -1.24. The second-order valence-corrected chi connectivity index (χ2v) is 4.09. The summed E-state index contributed by atoms with van der Waals surface area (Å²) < 4.78 is 0. The molecule has 3 N–H and O–H groups in total. The molecule has 0 aliphatic heterocycles. The van der Waals surface area contributed by atoms with Crippen molar-refractivity contribution >= 4 is 17.6 Å². The lowest BCUT2D eigenvalue weighted by atomic mass is 10.1. The average molecular weight is 250 g/mol. The van der Waals surface area contributed by atoms with Crippen LogP contribution in [0.25, 0.3) is 0 Å². The number of carbonyl (C=O) groups is 2. The van der Waals surface area contributed by atoms with Crippen LogP contribution in [-0.2, 0) is 4.79 Å². The summed E-state index contributed by atoms with van der Waals surface area (Å²) >= 11 is 0. The molecule has 1 aromatic rings. The molecule has 0 radical (unpaired) electrons. The van der Waals surface area contributed by atoms with E-state index in [1.54, 1.807) is 19.2 Å². The number of anilines is 1. The van der Waals surface area contributed by atoms with Crippen LogP contribution in [-0.4, -0.2) is 30.6 Å². The van der Waals surface area contributed by atoms with Gasteiger partial charge < -0.3 is 15.7 Å². The Kier molecular flexibility index (Phi) is 4.85. The molecule has 0 fully saturated rings. The first-order valence-corrected chi connectivity index (χ1v) is 5.82. The Labute approximate surface area is 106 Å². The van der Waals surface area contributed by atoms with Gasteiger partial charge in [-0.05, 0) is 30.7 Å². The third-order valence-electron chi connectivity index (χ3n) is 2.96. The molecule has 0 aromatic heterocycles. The fraction of sp³-hybridized carbons (Fsp3) is 0.385. The molecule has 5 nitrogen and oxygen atoms in total. The summed E-state index contributed by atoms with van der Waals surface area (Å²) in [7, 11) is 1.66. The van der Waals surface area contributed by atoms with Crippen molar-refractivity contribution in [3.8, 4) is 0 Å². The van der Waals surface area contributed by atoms with Gasteiger partial charge >= 0.3 is 5.97 Å². The highest BCUT2D eigenvalue weighted by molar-refractivity contribution is 5.95. The zero-order valence-electron chi connectivity index (χ0n) is 10.6. The molecule has 0 aliphatic carbocycles. The summed E-state index contributed by atoms with van der Waals surface area (Å²) in [5.41, 5.74) is 6.40. The molecule has 0 heterocycles. The number of carboxylic acids is 1. The lowest BCUT2D eigenvalue weighted by Gasteiger charge is -2.22. The molecule has 0 aliphatic rings. The number of carboxylic acid groups (broad SMARTS) is 1. The number of hydrogen-bond donors (Lipinski definition) is 2. The predicted molar refractivity (Wildman–Crippen MR) is 69.6 cm³/mol. The van der Waals surface area contributed by atoms with Crippen LogP contribution in [0, 0.1) is 5.92 Å². The summed E-state index contributed by atoms with van der Waals surface area (Å²) in [4.78, 5) is 24.3. The van der Waals surface area contributed by atoms with Gasteiger partial charge in [0.2, 0.25) is 5.91 Å². The highest BCUT2D eigenvalue weighted by Crippen LogP contribution is 2.17. The maximum atomic E-state index is 12.1. The number of nitrogens with two attached hydrogens (primary N) is 1. The molecule has 0 spiro atoms.